The van der Waals surface area contributed by atoms with Crippen LogP contribution in [-0.4, -0.2) is 44.0 Å². The van der Waals surface area contributed by atoms with Crippen molar-refractivity contribution in [3.63, 3.8) is 0 Å². The van der Waals surface area contributed by atoms with Gasteiger partial charge in [-0.2, -0.15) is 0 Å². The van der Waals surface area contributed by atoms with Gasteiger partial charge in [-0.1, -0.05) is 30.8 Å². The normalized spacial score (nSPS) is 12.9. The minimum Gasteiger partial charge on any atom is -0.486 e. The molecule has 0 aliphatic carbocycles. The number of hydrogen-bond acceptors (Lipinski definition) is 7. The third-order valence-electron chi connectivity index (χ3n) is 5.08. The fraction of sp³-hybridized carbons (Fsp3) is 0.273. The lowest BCUT2D eigenvalue weighted by atomic mass is 10.2. The van der Waals surface area contributed by atoms with Gasteiger partial charge in [0.25, 0.3) is 5.56 Å². The van der Waals surface area contributed by atoms with Crippen LogP contribution in [0, 0.1) is 0 Å². The molecule has 1 aliphatic rings. The van der Waals surface area contributed by atoms with Gasteiger partial charge in [-0.15, -0.1) is 10.2 Å². The zero-order valence-corrected chi connectivity index (χ0v) is 18.2. The van der Waals surface area contributed by atoms with E-state index in [0.29, 0.717) is 53.3 Å². The highest BCUT2D eigenvalue weighted by Crippen LogP contribution is 2.32. The number of para-hydroxylation sites is 1. The van der Waals surface area contributed by atoms with Crippen LogP contribution in [0.5, 0.6) is 11.5 Å². The summed E-state index contributed by atoms with van der Waals surface area (Å²) in [4.78, 5) is 25.5. The van der Waals surface area contributed by atoms with Crippen molar-refractivity contribution < 1.29 is 14.3 Å². The summed E-state index contributed by atoms with van der Waals surface area (Å²) in [6.45, 7) is 3.55. The molecular weight excluding hydrogens is 430 g/mol. The number of fused-ring (bicyclic) bond motifs is 4. The van der Waals surface area contributed by atoms with E-state index in [4.69, 9.17) is 9.47 Å². The van der Waals surface area contributed by atoms with E-state index in [9.17, 15) is 9.59 Å². The van der Waals surface area contributed by atoms with E-state index in [1.807, 2.05) is 29.5 Å². The predicted molar refractivity (Wildman–Crippen MR) is 122 cm³/mol. The van der Waals surface area contributed by atoms with Crippen LogP contribution in [0.3, 0.4) is 0 Å². The molecule has 0 spiro atoms. The van der Waals surface area contributed by atoms with Crippen molar-refractivity contribution in [3.8, 4) is 11.5 Å². The maximum atomic E-state index is 12.9. The van der Waals surface area contributed by atoms with Crippen LogP contribution < -0.4 is 20.3 Å². The van der Waals surface area contributed by atoms with E-state index in [1.165, 1.54) is 11.8 Å². The standard InChI is InChI=1S/C22H21N5O4S/c1-2-9-26-20(29)15-5-3-4-6-16(15)27-21(26)24-25-22(27)32-13-19(28)23-14-7-8-17-18(12-14)31-11-10-30-17/h3-8,12H,2,9-11,13H2,1H3,(H,23,28). The average Bonchev–Trinajstić information content (AvgIpc) is 3.24. The first-order chi connectivity index (χ1) is 15.7. The third kappa shape index (κ3) is 3.66. The maximum Gasteiger partial charge on any atom is 0.262 e. The number of nitrogens with one attached hydrogen (secondary N) is 1. The van der Waals surface area contributed by atoms with Gasteiger partial charge in [0.2, 0.25) is 11.7 Å². The van der Waals surface area contributed by atoms with Crippen LogP contribution in [0.15, 0.2) is 52.4 Å². The van der Waals surface area contributed by atoms with E-state index in [2.05, 4.69) is 15.5 Å². The van der Waals surface area contributed by atoms with Crippen molar-refractivity contribution >= 4 is 40.0 Å². The summed E-state index contributed by atoms with van der Waals surface area (Å²) in [6, 6.07) is 12.7. The second kappa shape index (κ2) is 8.54. The fourth-order valence-corrected chi connectivity index (χ4v) is 4.44. The molecule has 2 aromatic carbocycles. The Bertz CT molecular complexity index is 1380. The molecule has 5 rings (SSSR count). The smallest absolute Gasteiger partial charge is 0.262 e. The minimum absolute atomic E-state index is 0.0877. The van der Waals surface area contributed by atoms with E-state index in [1.54, 1.807) is 28.8 Å². The minimum atomic E-state index is -0.186. The number of ether oxygens (including phenoxy) is 2. The summed E-state index contributed by atoms with van der Waals surface area (Å²) in [5, 5.41) is 12.5. The monoisotopic (exact) mass is 451 g/mol. The molecule has 0 saturated carbocycles. The summed E-state index contributed by atoms with van der Waals surface area (Å²) >= 11 is 1.27. The first kappa shape index (κ1) is 20.4. The number of carbonyl (C=O) groups excluding carboxylic acids is 1. The number of aryl methyl sites for hydroxylation is 1. The van der Waals surface area contributed by atoms with Crippen LogP contribution in [0.2, 0.25) is 0 Å². The number of aromatic nitrogens is 4. The average molecular weight is 452 g/mol. The van der Waals surface area contributed by atoms with Gasteiger partial charge in [-0.3, -0.25) is 18.6 Å². The zero-order chi connectivity index (χ0) is 22.1. The lowest BCUT2D eigenvalue weighted by molar-refractivity contribution is -0.113. The molecule has 0 bridgehead atoms. The molecule has 1 amide bonds. The highest BCUT2D eigenvalue weighted by molar-refractivity contribution is 7.99. The Morgan fingerprint density at radius 3 is 2.78 bits per heavy atom. The number of thioether (sulfide) groups is 1. The molecule has 9 nitrogen and oxygen atoms in total. The molecule has 1 aliphatic heterocycles. The lowest BCUT2D eigenvalue weighted by Gasteiger charge is -2.18. The van der Waals surface area contributed by atoms with Crippen molar-refractivity contribution in [2.24, 2.45) is 0 Å². The Labute approximate surface area is 187 Å². The number of benzene rings is 2. The van der Waals surface area contributed by atoms with E-state index < -0.39 is 0 Å². The van der Waals surface area contributed by atoms with Crippen molar-refractivity contribution in [1.82, 2.24) is 19.2 Å². The molecule has 0 fully saturated rings. The number of nitrogens with zero attached hydrogens (tertiary/aromatic N) is 4. The number of carbonyl (C=O) groups is 1. The van der Waals surface area contributed by atoms with Gasteiger partial charge in [-0.05, 0) is 30.7 Å². The largest absolute Gasteiger partial charge is 0.486 e. The molecule has 10 heteroatoms. The Balaban J connectivity index is 1.40. The van der Waals surface area contributed by atoms with Crippen LogP contribution in [0.25, 0.3) is 16.7 Å². The molecule has 32 heavy (non-hydrogen) atoms. The van der Waals surface area contributed by atoms with Crippen molar-refractivity contribution in [1.29, 1.82) is 0 Å². The predicted octanol–water partition coefficient (Wildman–Crippen LogP) is 2.96. The molecule has 1 N–H and O–H groups in total. The van der Waals surface area contributed by atoms with E-state index in [-0.39, 0.29) is 17.2 Å². The Morgan fingerprint density at radius 1 is 1.12 bits per heavy atom. The van der Waals surface area contributed by atoms with Crippen molar-refractivity contribution in [2.75, 3.05) is 24.3 Å². The Kier molecular flexibility index (Phi) is 5.44. The van der Waals surface area contributed by atoms with Crippen LogP contribution in [-0.2, 0) is 11.3 Å². The van der Waals surface area contributed by atoms with Gasteiger partial charge >= 0.3 is 0 Å². The summed E-state index contributed by atoms with van der Waals surface area (Å²) in [5.74, 6) is 1.71. The molecule has 164 valence electrons. The van der Waals surface area contributed by atoms with Gasteiger partial charge in [0, 0.05) is 18.3 Å². The van der Waals surface area contributed by atoms with E-state index >= 15 is 0 Å². The third-order valence-corrected chi connectivity index (χ3v) is 6.01. The topological polar surface area (TPSA) is 99.8 Å². The first-order valence-corrected chi connectivity index (χ1v) is 11.3. The molecule has 0 atom stereocenters. The highest BCUT2D eigenvalue weighted by atomic mass is 32.2. The van der Waals surface area contributed by atoms with Gasteiger partial charge < -0.3 is 14.8 Å². The molecule has 0 radical (unpaired) electrons. The Hall–Kier alpha value is -3.53. The first-order valence-electron chi connectivity index (χ1n) is 10.3. The maximum absolute atomic E-state index is 12.9. The molecule has 4 aromatic rings. The Morgan fingerprint density at radius 2 is 1.94 bits per heavy atom. The zero-order valence-electron chi connectivity index (χ0n) is 17.4. The number of hydrogen-bond donors (Lipinski definition) is 1. The van der Waals surface area contributed by atoms with Gasteiger partial charge in [0.05, 0.1) is 16.7 Å². The number of amides is 1. The van der Waals surface area contributed by atoms with Crippen molar-refractivity contribution in [2.45, 2.75) is 25.0 Å². The fourth-order valence-electron chi connectivity index (χ4n) is 3.70. The summed E-state index contributed by atoms with van der Waals surface area (Å²) in [7, 11) is 0. The summed E-state index contributed by atoms with van der Waals surface area (Å²) in [6.07, 6.45) is 0.793. The van der Waals surface area contributed by atoms with Gasteiger partial charge in [0.15, 0.2) is 16.7 Å². The highest BCUT2D eigenvalue weighted by Gasteiger charge is 2.18. The van der Waals surface area contributed by atoms with E-state index in [0.717, 1.165) is 11.9 Å². The second-order valence-electron chi connectivity index (χ2n) is 7.29. The molecular formula is C22H21N5O4S. The van der Waals surface area contributed by atoms with Crippen LogP contribution >= 0.6 is 11.8 Å². The molecule has 2 aromatic heterocycles. The summed E-state index contributed by atoms with van der Waals surface area (Å²) in [5.41, 5.74) is 1.27. The molecule has 0 saturated heterocycles. The van der Waals surface area contributed by atoms with Gasteiger partial charge in [-0.25, -0.2) is 0 Å². The number of anilines is 1. The molecule has 0 unspecified atom stereocenters. The lowest BCUT2D eigenvalue weighted by Crippen LogP contribution is -2.23. The van der Waals surface area contributed by atoms with Crippen LogP contribution in [0.4, 0.5) is 5.69 Å². The second-order valence-corrected chi connectivity index (χ2v) is 8.23. The van der Waals surface area contributed by atoms with Crippen LogP contribution in [0.1, 0.15) is 13.3 Å². The quantitative estimate of drug-likeness (QED) is 0.450. The van der Waals surface area contributed by atoms with Gasteiger partial charge in [0.1, 0.15) is 13.2 Å². The number of rotatable bonds is 6. The SMILES string of the molecule is CCCn1c(=O)c2ccccc2n2c(SCC(=O)Nc3ccc4c(c3)OCCO4)nnc12. The molecule has 3 heterocycles. The van der Waals surface area contributed by atoms with Crippen molar-refractivity contribution in [3.05, 3.63) is 52.8 Å². The summed E-state index contributed by atoms with van der Waals surface area (Å²) < 4.78 is 14.5.